The van der Waals surface area contributed by atoms with E-state index in [-0.39, 0.29) is 5.69 Å². The highest BCUT2D eigenvalue weighted by Crippen LogP contribution is 2.26. The number of carbonyl (C=O) groups is 1. The smallest absolute Gasteiger partial charge is 0.401 e. The number of halogens is 3. The molecule has 0 aliphatic rings. The Bertz CT molecular complexity index is 321. The first-order valence-corrected chi connectivity index (χ1v) is 3.95. The summed E-state index contributed by atoms with van der Waals surface area (Å²) in [6, 6.07) is 1.14. The molecule has 0 radical (unpaired) electrons. The Hall–Kier alpha value is -0.980. The maximum Gasteiger partial charge on any atom is 0.401 e. The third-order valence-corrected chi connectivity index (χ3v) is 1.61. The van der Waals surface area contributed by atoms with Crippen LogP contribution in [0, 0.1) is 0 Å². The Morgan fingerprint density at radius 3 is 2.77 bits per heavy atom. The normalized spacial score (nSPS) is 11.4. The van der Waals surface area contributed by atoms with Gasteiger partial charge in [0.2, 0.25) is 0 Å². The summed E-state index contributed by atoms with van der Waals surface area (Å²) in [6.45, 7) is 0. The fraction of sp³-hybridized carbons (Fsp3) is 0.333. The molecule has 0 spiro atoms. The van der Waals surface area contributed by atoms with Crippen LogP contribution in [0.2, 0.25) is 0 Å². The molecule has 0 saturated heterocycles. The number of esters is 1. The summed E-state index contributed by atoms with van der Waals surface area (Å²) in [5.74, 6) is -0.754. The van der Waals surface area contributed by atoms with Crippen LogP contribution in [0.3, 0.4) is 0 Å². The van der Waals surface area contributed by atoms with Gasteiger partial charge >= 0.3 is 10.9 Å². The Labute approximate surface area is 80.6 Å². The Morgan fingerprint density at radius 1 is 1.77 bits per heavy atom. The summed E-state index contributed by atoms with van der Waals surface area (Å²) >= 11 is 2.09. The summed E-state index contributed by atoms with van der Waals surface area (Å²) in [5.41, 5.74) is -0.165. The van der Waals surface area contributed by atoms with Crippen LogP contribution in [0.1, 0.15) is 10.5 Å². The van der Waals surface area contributed by atoms with E-state index in [4.69, 9.17) is 0 Å². The summed E-state index contributed by atoms with van der Waals surface area (Å²) in [6.07, 6.45) is 0.973. The van der Waals surface area contributed by atoms with Crippen molar-refractivity contribution >= 4 is 21.9 Å². The molecule has 72 valence electrons. The van der Waals surface area contributed by atoms with Gasteiger partial charge in [0.15, 0.2) is 5.69 Å². The second kappa shape index (κ2) is 3.41. The van der Waals surface area contributed by atoms with Crippen LogP contribution in [-0.2, 0) is 9.69 Å². The quantitative estimate of drug-likeness (QED) is 0.595. The molecule has 1 heterocycles. The first kappa shape index (κ1) is 10.1. The van der Waals surface area contributed by atoms with E-state index in [1.807, 2.05) is 0 Å². The van der Waals surface area contributed by atoms with Crippen LogP contribution in [0.5, 0.6) is 0 Å². The third-order valence-electron chi connectivity index (χ3n) is 1.24. The van der Waals surface area contributed by atoms with Crippen LogP contribution in [0.25, 0.3) is 0 Å². The highest BCUT2D eigenvalue weighted by Gasteiger charge is 2.28. The molecule has 0 N–H and O–H groups in total. The molecule has 0 bridgehead atoms. The molecule has 0 fully saturated rings. The van der Waals surface area contributed by atoms with Crippen LogP contribution in [-0.4, -0.2) is 22.9 Å². The van der Waals surface area contributed by atoms with E-state index in [0.29, 0.717) is 4.68 Å². The zero-order valence-electron chi connectivity index (χ0n) is 6.50. The molecule has 0 unspecified atom stereocenters. The van der Waals surface area contributed by atoms with Gasteiger partial charge in [0, 0.05) is 22.1 Å². The van der Waals surface area contributed by atoms with Crippen molar-refractivity contribution in [2.75, 3.05) is 7.11 Å². The van der Waals surface area contributed by atoms with E-state index >= 15 is 0 Å². The largest absolute Gasteiger partial charge is 0.464 e. The summed E-state index contributed by atoms with van der Waals surface area (Å²) in [4.78, 5) is 7.50. The second-order valence-corrected chi connectivity index (χ2v) is 3.06. The van der Waals surface area contributed by atoms with Crippen molar-refractivity contribution in [2.45, 2.75) is 4.96 Å². The summed E-state index contributed by atoms with van der Waals surface area (Å²) in [7, 11) is 1.15. The summed E-state index contributed by atoms with van der Waals surface area (Å²) < 4.78 is 29.6. The van der Waals surface area contributed by atoms with E-state index in [0.717, 1.165) is 19.4 Å². The Kier molecular flexibility index (Phi) is 2.65. The SMILES string of the molecule is COC(=O)c1ccn(C(F)(F)Br)n1. The van der Waals surface area contributed by atoms with Crippen molar-refractivity contribution in [1.29, 1.82) is 0 Å². The number of aromatic nitrogens is 2. The van der Waals surface area contributed by atoms with Crippen LogP contribution in [0.15, 0.2) is 12.3 Å². The van der Waals surface area contributed by atoms with E-state index in [9.17, 15) is 13.6 Å². The average molecular weight is 255 g/mol. The first-order chi connectivity index (χ1) is 5.95. The lowest BCUT2D eigenvalue weighted by atomic mass is 10.4. The van der Waals surface area contributed by atoms with Crippen molar-refractivity contribution < 1.29 is 18.3 Å². The van der Waals surface area contributed by atoms with E-state index < -0.39 is 10.9 Å². The van der Waals surface area contributed by atoms with Gasteiger partial charge < -0.3 is 4.74 Å². The zero-order chi connectivity index (χ0) is 10.1. The first-order valence-electron chi connectivity index (χ1n) is 3.16. The van der Waals surface area contributed by atoms with Gasteiger partial charge in [-0.3, -0.25) is 0 Å². The molecular weight excluding hydrogens is 250 g/mol. The average Bonchev–Trinajstić information content (AvgIpc) is 2.50. The molecule has 0 saturated carbocycles. The number of carbonyl (C=O) groups excluding carboxylic acids is 1. The number of alkyl halides is 3. The molecule has 0 amide bonds. The molecule has 7 heteroatoms. The lowest BCUT2D eigenvalue weighted by molar-refractivity contribution is 0.0192. The number of hydrogen-bond donors (Lipinski definition) is 0. The van der Waals surface area contributed by atoms with E-state index in [1.165, 1.54) is 0 Å². The van der Waals surface area contributed by atoms with Gasteiger partial charge in [0.1, 0.15) is 0 Å². The highest BCUT2D eigenvalue weighted by atomic mass is 79.9. The molecule has 1 aromatic heterocycles. The van der Waals surface area contributed by atoms with Gasteiger partial charge in [0.25, 0.3) is 0 Å². The predicted molar refractivity (Wildman–Crippen MR) is 42.7 cm³/mol. The van der Waals surface area contributed by atoms with E-state index in [2.05, 4.69) is 25.8 Å². The lowest BCUT2D eigenvalue weighted by Crippen LogP contribution is -2.16. The molecule has 0 aliphatic carbocycles. The van der Waals surface area contributed by atoms with Gasteiger partial charge in [-0.15, -0.1) is 0 Å². The minimum atomic E-state index is -3.29. The van der Waals surface area contributed by atoms with Crippen molar-refractivity contribution in [3.05, 3.63) is 18.0 Å². The molecule has 0 aliphatic heterocycles. The fourth-order valence-corrected chi connectivity index (χ4v) is 0.876. The molecule has 1 aromatic rings. The maximum absolute atomic E-state index is 12.5. The third kappa shape index (κ3) is 2.24. The Morgan fingerprint density at radius 2 is 2.38 bits per heavy atom. The lowest BCUT2D eigenvalue weighted by Gasteiger charge is -2.06. The van der Waals surface area contributed by atoms with Crippen molar-refractivity contribution in [3.8, 4) is 0 Å². The molecular formula is C6H5BrF2N2O2. The van der Waals surface area contributed by atoms with Gasteiger partial charge in [-0.25, -0.2) is 4.79 Å². The van der Waals surface area contributed by atoms with Crippen LogP contribution < -0.4 is 0 Å². The standard InChI is InChI=1S/C6H5BrF2N2O2/c1-13-5(12)4-2-3-11(10-4)6(7,8)9/h2-3H,1H3. The van der Waals surface area contributed by atoms with Gasteiger partial charge in [-0.2, -0.15) is 18.6 Å². The number of ether oxygens (including phenoxy) is 1. The second-order valence-electron chi connectivity index (χ2n) is 2.10. The molecule has 0 aromatic carbocycles. The maximum atomic E-state index is 12.5. The summed E-state index contributed by atoms with van der Waals surface area (Å²) in [5, 5.41) is 3.30. The predicted octanol–water partition coefficient (Wildman–Crippen LogP) is 1.57. The molecule has 0 atom stereocenters. The number of nitrogens with zero attached hydrogens (tertiary/aromatic N) is 2. The van der Waals surface area contributed by atoms with Crippen molar-refractivity contribution in [2.24, 2.45) is 0 Å². The minimum Gasteiger partial charge on any atom is -0.464 e. The minimum absolute atomic E-state index is 0.165. The van der Waals surface area contributed by atoms with Crippen molar-refractivity contribution in [3.63, 3.8) is 0 Å². The van der Waals surface area contributed by atoms with Gasteiger partial charge in [0.05, 0.1) is 7.11 Å². The monoisotopic (exact) mass is 254 g/mol. The number of methoxy groups -OCH3 is 1. The zero-order valence-corrected chi connectivity index (χ0v) is 8.09. The molecule has 1 rings (SSSR count). The van der Waals surface area contributed by atoms with Gasteiger partial charge in [-0.1, -0.05) is 0 Å². The van der Waals surface area contributed by atoms with Gasteiger partial charge in [-0.05, 0) is 6.07 Å². The number of hydrogen-bond acceptors (Lipinski definition) is 3. The topological polar surface area (TPSA) is 44.1 Å². The molecule has 13 heavy (non-hydrogen) atoms. The highest BCUT2D eigenvalue weighted by molar-refractivity contribution is 9.09. The Balaban J connectivity index is 2.93. The number of rotatable bonds is 2. The fourth-order valence-electron chi connectivity index (χ4n) is 0.679. The van der Waals surface area contributed by atoms with E-state index in [1.54, 1.807) is 0 Å². The van der Waals surface area contributed by atoms with Crippen LogP contribution in [0.4, 0.5) is 8.78 Å². The van der Waals surface area contributed by atoms with Crippen molar-refractivity contribution in [1.82, 2.24) is 9.78 Å². The molecule has 4 nitrogen and oxygen atoms in total. The van der Waals surface area contributed by atoms with Crippen LogP contribution >= 0.6 is 15.9 Å².